The molecule has 0 spiro atoms. The number of hydrogen-bond donors (Lipinski definition) is 1. The molecule has 4 nitrogen and oxygen atoms in total. The number of rotatable bonds is 6. The third-order valence-corrected chi connectivity index (χ3v) is 2.57. The smallest absolute Gasteiger partial charge is 0.387 e. The molecule has 0 unspecified atom stereocenters. The van der Waals surface area contributed by atoms with Gasteiger partial charge in [-0.3, -0.25) is 4.57 Å². The Kier molecular flexibility index (Phi) is 4.34. The number of benzene rings is 1. The van der Waals surface area contributed by atoms with E-state index < -0.39 is 6.61 Å². The predicted molar refractivity (Wildman–Crippen MR) is 73.6 cm³/mol. The molecule has 0 amide bonds. The quantitative estimate of drug-likeness (QED) is 0.824. The lowest BCUT2D eigenvalue weighted by Gasteiger charge is -2.09. The molecular weight excluding hydrogens is 264 g/mol. The van der Waals surface area contributed by atoms with Gasteiger partial charge >= 0.3 is 6.61 Å². The minimum atomic E-state index is -2.82. The second-order valence-electron chi connectivity index (χ2n) is 4.12. The topological polar surface area (TPSA) is 39.1 Å². The molecule has 0 saturated carbocycles. The number of nitrogens with zero attached hydrogens (tertiary/aromatic N) is 2. The van der Waals surface area contributed by atoms with Crippen LogP contribution in [0.1, 0.15) is 5.69 Å². The Morgan fingerprint density at radius 3 is 2.70 bits per heavy atom. The number of nitrogens with one attached hydrogen (secondary N) is 1. The lowest BCUT2D eigenvalue weighted by molar-refractivity contribution is -0.0498. The second-order valence-corrected chi connectivity index (χ2v) is 4.12. The average Bonchev–Trinajstić information content (AvgIpc) is 2.78. The fraction of sp³-hybridized carbons (Fsp3) is 0.214. The van der Waals surface area contributed by atoms with Crippen LogP contribution in [0.15, 0.2) is 43.1 Å². The highest BCUT2D eigenvalue weighted by atomic mass is 19.3. The molecule has 0 aliphatic carbocycles. The third kappa shape index (κ3) is 3.34. The van der Waals surface area contributed by atoms with Gasteiger partial charge in [-0.05, 0) is 31.2 Å². The van der Waals surface area contributed by atoms with Crippen LogP contribution in [0.4, 0.5) is 14.7 Å². The fourth-order valence-electron chi connectivity index (χ4n) is 1.77. The van der Waals surface area contributed by atoms with Crippen molar-refractivity contribution in [2.45, 2.75) is 13.5 Å². The maximum Gasteiger partial charge on any atom is 0.387 e. The number of halogens is 2. The molecule has 0 bridgehead atoms. The van der Waals surface area contributed by atoms with Crippen molar-refractivity contribution in [3.63, 3.8) is 0 Å². The molecule has 2 rings (SSSR count). The van der Waals surface area contributed by atoms with E-state index in [9.17, 15) is 8.78 Å². The van der Waals surface area contributed by atoms with E-state index in [1.54, 1.807) is 18.2 Å². The van der Waals surface area contributed by atoms with Crippen LogP contribution in [0.3, 0.4) is 0 Å². The molecule has 0 fully saturated rings. The van der Waals surface area contributed by atoms with Crippen molar-refractivity contribution in [3.8, 4) is 11.4 Å². The van der Waals surface area contributed by atoms with E-state index in [-0.39, 0.29) is 5.75 Å². The average molecular weight is 279 g/mol. The fourth-order valence-corrected chi connectivity index (χ4v) is 1.77. The maximum atomic E-state index is 12.1. The van der Waals surface area contributed by atoms with E-state index in [2.05, 4.69) is 21.6 Å². The van der Waals surface area contributed by atoms with E-state index in [1.165, 1.54) is 12.1 Å². The molecular formula is C14H15F2N3O. The molecule has 1 N–H and O–H groups in total. The molecule has 1 aromatic carbocycles. The summed E-state index contributed by atoms with van der Waals surface area (Å²) in [6, 6.07) is 6.37. The van der Waals surface area contributed by atoms with Gasteiger partial charge in [-0.1, -0.05) is 6.08 Å². The summed E-state index contributed by atoms with van der Waals surface area (Å²) in [5.74, 6) is 0.797. The maximum absolute atomic E-state index is 12.1. The Balaban J connectivity index is 2.24. The zero-order chi connectivity index (χ0) is 14.5. The SMILES string of the molecule is C=CCNc1nc(C)cn1-c1ccc(OC(F)F)cc1. The summed E-state index contributed by atoms with van der Waals surface area (Å²) >= 11 is 0. The van der Waals surface area contributed by atoms with Crippen molar-refractivity contribution in [2.24, 2.45) is 0 Å². The highest BCUT2D eigenvalue weighted by molar-refractivity contribution is 5.45. The highest BCUT2D eigenvalue weighted by Gasteiger charge is 2.08. The predicted octanol–water partition coefficient (Wildman–Crippen LogP) is 3.38. The molecule has 0 saturated heterocycles. The van der Waals surface area contributed by atoms with Crippen LogP contribution >= 0.6 is 0 Å². The van der Waals surface area contributed by atoms with E-state index >= 15 is 0 Å². The van der Waals surface area contributed by atoms with Gasteiger partial charge in [-0.25, -0.2) is 4.98 Å². The Morgan fingerprint density at radius 2 is 2.10 bits per heavy atom. The third-order valence-electron chi connectivity index (χ3n) is 2.57. The molecule has 0 aliphatic heterocycles. The zero-order valence-corrected chi connectivity index (χ0v) is 11.0. The first-order valence-corrected chi connectivity index (χ1v) is 6.06. The number of ether oxygens (including phenoxy) is 1. The molecule has 0 atom stereocenters. The van der Waals surface area contributed by atoms with Crippen molar-refractivity contribution in [3.05, 3.63) is 48.8 Å². The van der Waals surface area contributed by atoms with Gasteiger partial charge in [-0.15, -0.1) is 6.58 Å². The van der Waals surface area contributed by atoms with Crippen molar-refractivity contribution in [1.29, 1.82) is 0 Å². The van der Waals surface area contributed by atoms with Crippen LogP contribution in [-0.2, 0) is 0 Å². The lowest BCUT2D eigenvalue weighted by atomic mass is 10.3. The Hall–Kier alpha value is -2.37. The second kappa shape index (κ2) is 6.18. The summed E-state index contributed by atoms with van der Waals surface area (Å²) in [5.41, 5.74) is 1.66. The van der Waals surface area contributed by atoms with Crippen molar-refractivity contribution >= 4 is 5.95 Å². The van der Waals surface area contributed by atoms with E-state index in [0.717, 1.165) is 11.4 Å². The summed E-state index contributed by atoms with van der Waals surface area (Å²) in [4.78, 5) is 4.35. The van der Waals surface area contributed by atoms with Gasteiger partial charge in [0.2, 0.25) is 5.95 Å². The zero-order valence-electron chi connectivity index (χ0n) is 11.0. The standard InChI is InChI=1S/C14H15F2N3O/c1-3-8-17-14-18-10(2)9-19(14)11-4-6-12(7-5-11)20-13(15)16/h3-7,9,13H,1,8H2,2H3,(H,17,18). The molecule has 6 heteroatoms. The Morgan fingerprint density at radius 1 is 1.40 bits per heavy atom. The van der Waals surface area contributed by atoms with Gasteiger partial charge in [0.15, 0.2) is 0 Å². The van der Waals surface area contributed by atoms with Gasteiger partial charge in [0, 0.05) is 18.4 Å². The molecule has 1 aromatic heterocycles. The minimum absolute atomic E-state index is 0.126. The van der Waals surface area contributed by atoms with Gasteiger partial charge < -0.3 is 10.1 Å². The van der Waals surface area contributed by atoms with Crippen LogP contribution < -0.4 is 10.1 Å². The van der Waals surface area contributed by atoms with Gasteiger partial charge in [0.1, 0.15) is 5.75 Å². The van der Waals surface area contributed by atoms with E-state index in [0.29, 0.717) is 12.5 Å². The van der Waals surface area contributed by atoms with E-state index in [1.807, 2.05) is 17.7 Å². The van der Waals surface area contributed by atoms with Gasteiger partial charge in [0.05, 0.1) is 5.69 Å². The van der Waals surface area contributed by atoms with Crippen LogP contribution in [-0.4, -0.2) is 22.7 Å². The molecule has 0 radical (unpaired) electrons. The summed E-state index contributed by atoms with van der Waals surface area (Å²) < 4.78 is 30.3. The normalized spacial score (nSPS) is 10.6. The van der Waals surface area contributed by atoms with Crippen molar-refractivity contribution in [2.75, 3.05) is 11.9 Å². The number of aromatic nitrogens is 2. The first-order valence-electron chi connectivity index (χ1n) is 6.06. The summed E-state index contributed by atoms with van der Waals surface area (Å²) in [6.45, 7) is 3.28. The first-order chi connectivity index (χ1) is 9.60. The molecule has 0 aliphatic rings. The Bertz CT molecular complexity index is 579. The van der Waals surface area contributed by atoms with Crippen molar-refractivity contribution in [1.82, 2.24) is 9.55 Å². The Labute approximate surface area is 115 Å². The minimum Gasteiger partial charge on any atom is -0.435 e. The van der Waals surface area contributed by atoms with E-state index in [4.69, 9.17) is 0 Å². The van der Waals surface area contributed by atoms with Crippen LogP contribution in [0.25, 0.3) is 5.69 Å². The number of imidazole rings is 1. The number of hydrogen-bond acceptors (Lipinski definition) is 3. The van der Waals surface area contributed by atoms with Crippen molar-refractivity contribution < 1.29 is 13.5 Å². The lowest BCUT2D eigenvalue weighted by Crippen LogP contribution is -2.06. The molecule has 106 valence electrons. The largest absolute Gasteiger partial charge is 0.435 e. The van der Waals surface area contributed by atoms with Crippen LogP contribution in [0.5, 0.6) is 5.75 Å². The number of alkyl halides is 2. The molecule has 1 heterocycles. The number of aryl methyl sites for hydroxylation is 1. The monoisotopic (exact) mass is 279 g/mol. The van der Waals surface area contributed by atoms with Crippen LogP contribution in [0.2, 0.25) is 0 Å². The number of anilines is 1. The van der Waals surface area contributed by atoms with Crippen LogP contribution in [0, 0.1) is 6.92 Å². The summed E-state index contributed by atoms with van der Waals surface area (Å²) in [6.07, 6.45) is 3.59. The molecule has 2 aromatic rings. The summed E-state index contributed by atoms with van der Waals surface area (Å²) in [5, 5.41) is 3.11. The van der Waals surface area contributed by atoms with Gasteiger partial charge in [0.25, 0.3) is 0 Å². The molecule has 20 heavy (non-hydrogen) atoms. The highest BCUT2D eigenvalue weighted by Crippen LogP contribution is 2.20. The first kappa shape index (κ1) is 14.0. The summed E-state index contributed by atoms with van der Waals surface area (Å²) in [7, 11) is 0. The van der Waals surface area contributed by atoms with Gasteiger partial charge in [-0.2, -0.15) is 8.78 Å².